The monoisotopic (exact) mass is 281 g/mol. The minimum Gasteiger partial charge on any atom is -0.380 e. The van der Waals surface area contributed by atoms with Crippen LogP contribution in [0.1, 0.15) is 19.0 Å². The fourth-order valence-electron chi connectivity index (χ4n) is 2.32. The molecular formula is C14H23N3OS. The summed E-state index contributed by atoms with van der Waals surface area (Å²) in [5, 5.41) is 3.89. The van der Waals surface area contributed by atoms with Gasteiger partial charge in [-0.25, -0.2) is 4.98 Å². The molecule has 1 unspecified atom stereocenters. The zero-order valence-electron chi connectivity index (χ0n) is 12.1. The summed E-state index contributed by atoms with van der Waals surface area (Å²) in [6.45, 7) is 6.16. The maximum absolute atomic E-state index is 5.42. The van der Waals surface area contributed by atoms with Gasteiger partial charge in [0.15, 0.2) is 0 Å². The number of aryl methyl sites for hydroxylation is 1. The summed E-state index contributed by atoms with van der Waals surface area (Å²) in [5.41, 5.74) is 2.19. The van der Waals surface area contributed by atoms with Crippen LogP contribution >= 0.6 is 11.8 Å². The number of hydrogen-bond donors (Lipinski definition) is 1. The van der Waals surface area contributed by atoms with Crippen molar-refractivity contribution in [2.75, 3.05) is 36.7 Å². The molecule has 1 aliphatic heterocycles. The number of nitrogens with zero attached hydrogens (tertiary/aromatic N) is 2. The van der Waals surface area contributed by atoms with Crippen LogP contribution in [-0.4, -0.2) is 42.9 Å². The number of hydrogen-bond acceptors (Lipinski definition) is 5. The molecule has 0 amide bonds. The number of rotatable bonds is 5. The van der Waals surface area contributed by atoms with E-state index in [1.54, 1.807) is 18.9 Å². The van der Waals surface area contributed by atoms with Crippen LogP contribution in [0.4, 0.5) is 11.5 Å². The molecule has 1 aromatic rings. The van der Waals surface area contributed by atoms with E-state index in [2.05, 4.69) is 40.5 Å². The van der Waals surface area contributed by atoms with Crippen molar-refractivity contribution in [3.63, 3.8) is 0 Å². The van der Waals surface area contributed by atoms with Crippen LogP contribution in [0.2, 0.25) is 0 Å². The summed E-state index contributed by atoms with van der Waals surface area (Å²) in [6.07, 6.45) is 3.52. The van der Waals surface area contributed by atoms with Gasteiger partial charge in [-0.1, -0.05) is 0 Å². The number of anilines is 2. The van der Waals surface area contributed by atoms with Gasteiger partial charge in [0.1, 0.15) is 5.82 Å². The van der Waals surface area contributed by atoms with Crippen LogP contribution < -0.4 is 10.2 Å². The van der Waals surface area contributed by atoms with Gasteiger partial charge in [0.25, 0.3) is 0 Å². The van der Waals surface area contributed by atoms with Gasteiger partial charge in [0, 0.05) is 37.6 Å². The van der Waals surface area contributed by atoms with Gasteiger partial charge < -0.3 is 15.0 Å². The summed E-state index contributed by atoms with van der Waals surface area (Å²) in [6, 6.07) is 4.23. The number of aromatic nitrogens is 1. The van der Waals surface area contributed by atoms with Gasteiger partial charge >= 0.3 is 0 Å². The fourth-order valence-corrected chi connectivity index (χ4v) is 2.57. The van der Waals surface area contributed by atoms with Crippen molar-refractivity contribution in [1.82, 2.24) is 4.98 Å². The molecule has 0 aromatic carbocycles. The predicted molar refractivity (Wildman–Crippen MR) is 83.2 cm³/mol. The Morgan fingerprint density at radius 1 is 1.53 bits per heavy atom. The minimum absolute atomic E-state index is 0.337. The molecule has 1 N–H and O–H groups in total. The highest BCUT2D eigenvalue weighted by atomic mass is 32.2. The molecule has 5 heteroatoms. The molecule has 0 bridgehead atoms. The average Bonchev–Trinajstić information content (AvgIpc) is 2.86. The van der Waals surface area contributed by atoms with Crippen molar-refractivity contribution in [3.8, 4) is 0 Å². The SMILES string of the molecule is CO[C@H]1CCN(c2cc(NC(C)SC)cc(C)n2)C1. The molecule has 2 heterocycles. The van der Waals surface area contributed by atoms with E-state index in [0.717, 1.165) is 36.7 Å². The smallest absolute Gasteiger partial charge is 0.130 e. The van der Waals surface area contributed by atoms with E-state index in [9.17, 15) is 0 Å². The molecular weight excluding hydrogens is 258 g/mol. The van der Waals surface area contributed by atoms with Crippen LogP contribution in [0.25, 0.3) is 0 Å². The van der Waals surface area contributed by atoms with Crippen molar-refractivity contribution in [3.05, 3.63) is 17.8 Å². The quantitative estimate of drug-likeness (QED) is 0.840. The normalized spacial score (nSPS) is 20.6. The lowest BCUT2D eigenvalue weighted by molar-refractivity contribution is 0.121. The van der Waals surface area contributed by atoms with Crippen LogP contribution in [0, 0.1) is 6.92 Å². The second kappa shape index (κ2) is 6.48. The molecule has 2 rings (SSSR count). The lowest BCUT2D eigenvalue weighted by Gasteiger charge is -2.20. The van der Waals surface area contributed by atoms with Crippen LogP contribution in [0.5, 0.6) is 0 Å². The standard InChI is InChI=1S/C14H23N3OS/c1-10-7-12(16-11(2)19-4)8-14(15-10)17-6-5-13(9-17)18-3/h7-8,11,13H,5-6,9H2,1-4H3,(H,15,16)/t11?,13-/m0/s1. The largest absolute Gasteiger partial charge is 0.380 e. The number of thioether (sulfide) groups is 1. The Morgan fingerprint density at radius 2 is 2.32 bits per heavy atom. The Labute approximate surface area is 119 Å². The topological polar surface area (TPSA) is 37.4 Å². The molecule has 2 atom stereocenters. The van der Waals surface area contributed by atoms with Gasteiger partial charge in [-0.05, 0) is 32.6 Å². The molecule has 0 aliphatic carbocycles. The molecule has 0 spiro atoms. The lowest BCUT2D eigenvalue weighted by atomic mass is 10.3. The molecule has 1 aromatic heterocycles. The molecule has 0 saturated carbocycles. The summed E-state index contributed by atoms with van der Waals surface area (Å²) in [4.78, 5) is 6.94. The van der Waals surface area contributed by atoms with Gasteiger partial charge in [-0.2, -0.15) is 0 Å². The van der Waals surface area contributed by atoms with E-state index in [1.807, 2.05) is 6.92 Å². The van der Waals surface area contributed by atoms with Crippen molar-refractivity contribution < 1.29 is 4.74 Å². The average molecular weight is 281 g/mol. The third-order valence-electron chi connectivity index (χ3n) is 3.47. The van der Waals surface area contributed by atoms with Gasteiger partial charge in [-0.3, -0.25) is 0 Å². The van der Waals surface area contributed by atoms with Crippen LogP contribution in [-0.2, 0) is 4.74 Å². The van der Waals surface area contributed by atoms with E-state index in [4.69, 9.17) is 4.74 Å². The van der Waals surface area contributed by atoms with Crippen LogP contribution in [0.3, 0.4) is 0 Å². The highest BCUT2D eigenvalue weighted by Crippen LogP contribution is 2.24. The first-order chi connectivity index (χ1) is 9.12. The summed E-state index contributed by atoms with van der Waals surface area (Å²) in [7, 11) is 1.78. The van der Waals surface area contributed by atoms with Crippen molar-refractivity contribution in [1.29, 1.82) is 0 Å². The summed E-state index contributed by atoms with van der Waals surface area (Å²) < 4.78 is 5.42. The Bertz CT molecular complexity index is 427. The Kier molecular flexibility index (Phi) is 4.93. The molecule has 4 nitrogen and oxygen atoms in total. The van der Waals surface area contributed by atoms with E-state index in [-0.39, 0.29) is 0 Å². The minimum atomic E-state index is 0.337. The number of nitrogens with one attached hydrogen (secondary N) is 1. The fraction of sp³-hybridized carbons (Fsp3) is 0.643. The maximum Gasteiger partial charge on any atom is 0.130 e. The van der Waals surface area contributed by atoms with E-state index >= 15 is 0 Å². The van der Waals surface area contributed by atoms with Gasteiger partial charge in [-0.15, -0.1) is 11.8 Å². The third-order valence-corrected chi connectivity index (χ3v) is 4.29. The molecule has 106 valence electrons. The number of pyridine rings is 1. The van der Waals surface area contributed by atoms with Crippen molar-refractivity contribution in [2.24, 2.45) is 0 Å². The molecule has 1 aliphatic rings. The van der Waals surface area contributed by atoms with Gasteiger partial charge in [0.05, 0.1) is 11.5 Å². The van der Waals surface area contributed by atoms with E-state index in [0.29, 0.717) is 11.5 Å². The highest BCUT2D eigenvalue weighted by molar-refractivity contribution is 7.99. The van der Waals surface area contributed by atoms with Gasteiger partial charge in [0.2, 0.25) is 0 Å². The lowest BCUT2D eigenvalue weighted by Crippen LogP contribution is -2.23. The van der Waals surface area contributed by atoms with E-state index < -0.39 is 0 Å². The number of methoxy groups -OCH3 is 1. The number of ether oxygens (including phenoxy) is 1. The molecule has 1 fully saturated rings. The summed E-state index contributed by atoms with van der Waals surface area (Å²) >= 11 is 1.80. The predicted octanol–water partition coefficient (Wildman–Crippen LogP) is 2.74. The summed E-state index contributed by atoms with van der Waals surface area (Å²) in [5.74, 6) is 1.05. The molecule has 0 radical (unpaired) electrons. The van der Waals surface area contributed by atoms with Crippen molar-refractivity contribution >= 4 is 23.3 Å². The first-order valence-corrected chi connectivity index (χ1v) is 7.97. The Morgan fingerprint density at radius 3 is 2.95 bits per heavy atom. The first-order valence-electron chi connectivity index (χ1n) is 6.68. The second-order valence-corrected chi connectivity index (χ2v) is 6.15. The van der Waals surface area contributed by atoms with E-state index in [1.165, 1.54) is 0 Å². The first kappa shape index (κ1) is 14.5. The second-order valence-electron chi connectivity index (χ2n) is 4.97. The zero-order valence-corrected chi connectivity index (χ0v) is 13.0. The molecule has 1 saturated heterocycles. The Hall–Kier alpha value is -0.940. The third kappa shape index (κ3) is 3.76. The maximum atomic E-state index is 5.42. The van der Waals surface area contributed by atoms with Crippen LogP contribution in [0.15, 0.2) is 12.1 Å². The Balaban J connectivity index is 2.12. The van der Waals surface area contributed by atoms with Crippen molar-refractivity contribution in [2.45, 2.75) is 31.7 Å². The highest BCUT2D eigenvalue weighted by Gasteiger charge is 2.23. The molecule has 19 heavy (non-hydrogen) atoms. The zero-order chi connectivity index (χ0) is 13.8.